The molecule has 32 heavy (non-hydrogen) atoms. The minimum Gasteiger partial charge on any atom is -0.497 e. The van der Waals surface area contributed by atoms with E-state index in [1.807, 2.05) is 0 Å². The van der Waals surface area contributed by atoms with Gasteiger partial charge in [-0.15, -0.1) is 0 Å². The van der Waals surface area contributed by atoms with Crippen LogP contribution in [0.15, 0.2) is 53.4 Å². The van der Waals surface area contributed by atoms with E-state index in [4.69, 9.17) is 21.1 Å². The Bertz CT molecular complexity index is 1100. The van der Waals surface area contributed by atoms with Crippen LogP contribution in [0, 0.1) is 0 Å². The summed E-state index contributed by atoms with van der Waals surface area (Å²) in [5, 5.41) is 2.62. The monoisotopic (exact) mass is 480 g/mol. The number of carbonyl (C=O) groups excluding carboxylic acids is 2. The van der Waals surface area contributed by atoms with Gasteiger partial charge in [-0.25, -0.2) is 13.2 Å². The van der Waals surface area contributed by atoms with Crippen LogP contribution >= 0.6 is 11.6 Å². The molecule has 0 radical (unpaired) electrons. The van der Waals surface area contributed by atoms with Crippen LogP contribution in [0.1, 0.15) is 19.4 Å². The fourth-order valence-electron chi connectivity index (χ4n) is 2.75. The maximum absolute atomic E-state index is 12.7. The number of rotatable bonds is 10. The molecular formula is C22H25ClN2O6S. The highest BCUT2D eigenvalue weighted by molar-refractivity contribution is 7.89. The number of anilines is 1. The normalized spacial score (nSPS) is 11.5. The molecule has 2 aromatic rings. The highest BCUT2D eigenvalue weighted by Gasteiger charge is 2.23. The Morgan fingerprint density at radius 3 is 2.50 bits per heavy atom. The predicted octanol–water partition coefficient (Wildman–Crippen LogP) is 3.57. The molecule has 0 bridgehead atoms. The number of ether oxygens (including phenoxy) is 2. The molecule has 0 aliphatic heterocycles. The number of amides is 1. The van der Waals surface area contributed by atoms with E-state index in [2.05, 4.69) is 5.32 Å². The number of sulfonamides is 1. The van der Waals surface area contributed by atoms with E-state index in [1.165, 1.54) is 41.8 Å². The number of nitrogens with zero attached hydrogens (tertiary/aromatic N) is 1. The quantitative estimate of drug-likeness (QED) is 0.412. The molecule has 0 heterocycles. The first-order valence-corrected chi connectivity index (χ1v) is 11.6. The first-order chi connectivity index (χ1) is 15.2. The molecule has 10 heteroatoms. The van der Waals surface area contributed by atoms with E-state index in [9.17, 15) is 18.0 Å². The lowest BCUT2D eigenvalue weighted by molar-refractivity contribution is -0.142. The van der Waals surface area contributed by atoms with Crippen molar-refractivity contribution in [2.45, 2.75) is 18.7 Å². The molecule has 1 N–H and O–H groups in total. The van der Waals surface area contributed by atoms with Gasteiger partial charge in [0.1, 0.15) is 5.75 Å². The zero-order valence-electron chi connectivity index (χ0n) is 18.0. The van der Waals surface area contributed by atoms with Crippen molar-refractivity contribution >= 4 is 45.3 Å². The molecule has 8 nitrogen and oxygen atoms in total. The summed E-state index contributed by atoms with van der Waals surface area (Å²) in [6.45, 7) is 3.52. The molecule has 0 aliphatic rings. The molecule has 2 rings (SSSR count). The van der Waals surface area contributed by atoms with Crippen molar-refractivity contribution in [2.24, 2.45) is 0 Å². The summed E-state index contributed by atoms with van der Waals surface area (Å²) in [7, 11) is -2.18. The van der Waals surface area contributed by atoms with Crippen LogP contribution in [0.2, 0.25) is 5.02 Å². The summed E-state index contributed by atoms with van der Waals surface area (Å²) in [6.07, 6.45) is 2.72. The number of halogens is 1. The Morgan fingerprint density at radius 2 is 1.84 bits per heavy atom. The lowest BCUT2D eigenvalue weighted by Crippen LogP contribution is -2.30. The van der Waals surface area contributed by atoms with E-state index in [-0.39, 0.29) is 15.6 Å². The number of esters is 1. The summed E-state index contributed by atoms with van der Waals surface area (Å²) in [5.41, 5.74) is 0.830. The molecule has 2 aromatic carbocycles. The van der Waals surface area contributed by atoms with Crippen molar-refractivity contribution in [1.82, 2.24) is 4.31 Å². The van der Waals surface area contributed by atoms with Crippen LogP contribution in [-0.2, 0) is 24.3 Å². The van der Waals surface area contributed by atoms with Crippen LogP contribution in [0.25, 0.3) is 6.08 Å². The van der Waals surface area contributed by atoms with Gasteiger partial charge in [-0.1, -0.05) is 37.6 Å². The first-order valence-electron chi connectivity index (χ1n) is 9.79. The Balaban J connectivity index is 2.00. The van der Waals surface area contributed by atoms with Crippen LogP contribution in [0.4, 0.5) is 5.69 Å². The summed E-state index contributed by atoms with van der Waals surface area (Å²) in [6, 6.07) is 11.1. The average Bonchev–Trinajstić information content (AvgIpc) is 2.78. The van der Waals surface area contributed by atoms with E-state index in [0.29, 0.717) is 18.8 Å². The van der Waals surface area contributed by atoms with Crippen molar-refractivity contribution in [3.8, 4) is 5.75 Å². The topological polar surface area (TPSA) is 102 Å². The van der Waals surface area contributed by atoms with Gasteiger partial charge in [0.05, 0.1) is 22.7 Å². The molecule has 0 unspecified atom stereocenters. The third-order valence-electron chi connectivity index (χ3n) is 4.41. The van der Waals surface area contributed by atoms with Crippen LogP contribution < -0.4 is 10.1 Å². The van der Waals surface area contributed by atoms with Gasteiger partial charge >= 0.3 is 5.97 Å². The lowest BCUT2D eigenvalue weighted by atomic mass is 10.2. The number of hydrogen-bond acceptors (Lipinski definition) is 6. The highest BCUT2D eigenvalue weighted by Crippen LogP contribution is 2.27. The Labute approximate surface area is 192 Å². The van der Waals surface area contributed by atoms with Crippen LogP contribution in [0.3, 0.4) is 0 Å². The van der Waals surface area contributed by atoms with E-state index in [0.717, 1.165) is 5.56 Å². The predicted molar refractivity (Wildman–Crippen MR) is 123 cm³/mol. The van der Waals surface area contributed by atoms with Gasteiger partial charge in [0, 0.05) is 19.2 Å². The molecular weight excluding hydrogens is 456 g/mol. The number of nitrogens with one attached hydrogen (secondary N) is 1. The molecule has 0 saturated carbocycles. The standard InChI is InChI=1S/C22H25ClN2O6S/c1-4-25(5-2)32(28,29)18-10-11-19(23)20(14-18)24-21(26)15-31-22(27)12-9-16-7-6-8-17(13-16)30-3/h6-14H,4-5,15H2,1-3H3,(H,24,26)/b12-9+. The number of methoxy groups -OCH3 is 1. The molecule has 172 valence electrons. The van der Waals surface area contributed by atoms with Gasteiger partial charge in [-0.05, 0) is 42.0 Å². The van der Waals surface area contributed by atoms with Gasteiger partial charge in [0.25, 0.3) is 5.91 Å². The second kappa shape index (κ2) is 11.7. The van der Waals surface area contributed by atoms with Crippen LogP contribution in [-0.4, -0.2) is 51.4 Å². The van der Waals surface area contributed by atoms with Gasteiger partial charge < -0.3 is 14.8 Å². The fraction of sp³-hybridized carbons (Fsp3) is 0.273. The molecule has 0 spiro atoms. The van der Waals surface area contributed by atoms with E-state index < -0.39 is 28.5 Å². The van der Waals surface area contributed by atoms with Crippen LogP contribution in [0.5, 0.6) is 5.75 Å². The summed E-state index contributed by atoms with van der Waals surface area (Å²) in [5.74, 6) is -0.735. The Hall–Kier alpha value is -2.88. The minimum absolute atomic E-state index is 0.000817. The van der Waals surface area contributed by atoms with Gasteiger partial charge in [-0.2, -0.15) is 4.31 Å². The van der Waals surface area contributed by atoms with Crippen molar-refractivity contribution < 1.29 is 27.5 Å². The van der Waals surface area contributed by atoms with Crippen molar-refractivity contribution in [3.05, 3.63) is 59.1 Å². The second-order valence-electron chi connectivity index (χ2n) is 6.50. The zero-order valence-corrected chi connectivity index (χ0v) is 19.6. The van der Waals surface area contributed by atoms with E-state index in [1.54, 1.807) is 38.1 Å². The van der Waals surface area contributed by atoms with Gasteiger partial charge in [-0.3, -0.25) is 4.79 Å². The smallest absolute Gasteiger partial charge is 0.331 e. The largest absolute Gasteiger partial charge is 0.497 e. The molecule has 0 aliphatic carbocycles. The summed E-state index contributed by atoms with van der Waals surface area (Å²) in [4.78, 5) is 24.1. The first kappa shape index (κ1) is 25.4. The van der Waals surface area contributed by atoms with E-state index >= 15 is 0 Å². The molecule has 0 fully saturated rings. The number of benzene rings is 2. The second-order valence-corrected chi connectivity index (χ2v) is 8.84. The fourth-order valence-corrected chi connectivity index (χ4v) is 4.40. The highest BCUT2D eigenvalue weighted by atomic mass is 35.5. The number of hydrogen-bond donors (Lipinski definition) is 1. The SMILES string of the molecule is CCN(CC)S(=O)(=O)c1ccc(Cl)c(NC(=O)COC(=O)/C=C/c2cccc(OC)c2)c1. The molecule has 0 aromatic heterocycles. The third-order valence-corrected chi connectivity index (χ3v) is 6.78. The maximum Gasteiger partial charge on any atom is 0.331 e. The van der Waals surface area contributed by atoms with Crippen molar-refractivity contribution in [3.63, 3.8) is 0 Å². The maximum atomic E-state index is 12.7. The molecule has 0 atom stereocenters. The third kappa shape index (κ3) is 6.81. The molecule has 0 saturated heterocycles. The lowest BCUT2D eigenvalue weighted by Gasteiger charge is -2.19. The summed E-state index contributed by atoms with van der Waals surface area (Å²) >= 11 is 6.09. The minimum atomic E-state index is -3.72. The Morgan fingerprint density at radius 1 is 1.12 bits per heavy atom. The average molecular weight is 481 g/mol. The van der Waals surface area contributed by atoms with Crippen molar-refractivity contribution in [1.29, 1.82) is 0 Å². The Kier molecular flexibility index (Phi) is 9.25. The van der Waals surface area contributed by atoms with Crippen molar-refractivity contribution in [2.75, 3.05) is 32.1 Å². The summed E-state index contributed by atoms with van der Waals surface area (Å²) < 4.78 is 36.7. The number of carbonyl (C=O) groups is 2. The van der Waals surface area contributed by atoms with Gasteiger partial charge in [0.15, 0.2) is 6.61 Å². The molecule has 1 amide bonds. The zero-order chi connectivity index (χ0) is 23.7. The van der Waals surface area contributed by atoms with Gasteiger partial charge in [0.2, 0.25) is 10.0 Å².